The number of pyridine rings is 1. The van der Waals surface area contributed by atoms with E-state index in [1.165, 1.54) is 6.07 Å². The molecule has 10 nitrogen and oxygen atoms in total. The van der Waals surface area contributed by atoms with E-state index < -0.39 is 4.92 Å². The van der Waals surface area contributed by atoms with Crippen LogP contribution in [0.4, 0.5) is 23.0 Å². The average Bonchev–Trinajstić information content (AvgIpc) is 3.10. The summed E-state index contributed by atoms with van der Waals surface area (Å²) < 4.78 is 5.33. The number of aromatic amines is 1. The van der Waals surface area contributed by atoms with E-state index >= 15 is 0 Å². The summed E-state index contributed by atoms with van der Waals surface area (Å²) in [5, 5.41) is 24.9. The van der Waals surface area contributed by atoms with Gasteiger partial charge in [0, 0.05) is 24.8 Å². The van der Waals surface area contributed by atoms with Gasteiger partial charge in [-0.1, -0.05) is 0 Å². The van der Waals surface area contributed by atoms with Crippen molar-refractivity contribution in [1.29, 1.82) is 0 Å². The number of hydrogen-bond donors (Lipinski definition) is 2. The zero-order valence-electron chi connectivity index (χ0n) is 13.2. The van der Waals surface area contributed by atoms with Crippen LogP contribution in [-0.2, 0) is 4.74 Å². The standard InChI is InChI=1S/C15H15N7O3/c23-22(24)13-3-4-14(21-5-7-25-8-6-21)17-15(13)16-10-1-2-11-12(9-10)19-20-18-11/h1-4,9H,5-8H2,(H,16,17)(H,18,19,20). The molecule has 25 heavy (non-hydrogen) atoms. The molecule has 0 saturated carbocycles. The van der Waals surface area contributed by atoms with E-state index in [9.17, 15) is 10.1 Å². The normalized spacial score (nSPS) is 14.6. The van der Waals surface area contributed by atoms with Crippen molar-refractivity contribution in [2.45, 2.75) is 0 Å². The third-order valence-corrected chi connectivity index (χ3v) is 3.97. The van der Waals surface area contributed by atoms with Crippen molar-refractivity contribution in [3.05, 3.63) is 40.4 Å². The maximum atomic E-state index is 11.3. The van der Waals surface area contributed by atoms with Crippen LogP contribution in [0.3, 0.4) is 0 Å². The van der Waals surface area contributed by atoms with Crippen LogP contribution in [0.15, 0.2) is 30.3 Å². The monoisotopic (exact) mass is 341 g/mol. The van der Waals surface area contributed by atoms with E-state index in [1.807, 2.05) is 4.90 Å². The van der Waals surface area contributed by atoms with E-state index in [0.717, 1.165) is 5.52 Å². The van der Waals surface area contributed by atoms with Gasteiger partial charge in [-0.15, -0.1) is 0 Å². The Labute approximate surface area is 142 Å². The number of anilines is 3. The molecule has 1 aromatic carbocycles. The fourth-order valence-electron chi connectivity index (χ4n) is 2.70. The molecule has 1 saturated heterocycles. The molecule has 3 heterocycles. The summed E-state index contributed by atoms with van der Waals surface area (Å²) in [6.07, 6.45) is 0. The maximum Gasteiger partial charge on any atom is 0.311 e. The van der Waals surface area contributed by atoms with Gasteiger partial charge in [0.15, 0.2) is 0 Å². The minimum absolute atomic E-state index is 0.0859. The topological polar surface area (TPSA) is 122 Å². The lowest BCUT2D eigenvalue weighted by atomic mass is 10.2. The van der Waals surface area contributed by atoms with Crippen LogP contribution >= 0.6 is 0 Å². The van der Waals surface area contributed by atoms with E-state index in [2.05, 4.69) is 25.7 Å². The minimum Gasteiger partial charge on any atom is -0.378 e. The Morgan fingerprint density at radius 2 is 1.96 bits per heavy atom. The molecule has 1 fully saturated rings. The van der Waals surface area contributed by atoms with Crippen LogP contribution in [-0.4, -0.2) is 51.6 Å². The lowest BCUT2D eigenvalue weighted by molar-refractivity contribution is -0.384. The highest BCUT2D eigenvalue weighted by atomic mass is 16.6. The third kappa shape index (κ3) is 3.06. The predicted molar refractivity (Wildman–Crippen MR) is 91.1 cm³/mol. The van der Waals surface area contributed by atoms with Crippen LogP contribution in [0.2, 0.25) is 0 Å². The van der Waals surface area contributed by atoms with Crippen LogP contribution in [0.25, 0.3) is 11.0 Å². The highest BCUT2D eigenvalue weighted by Crippen LogP contribution is 2.29. The number of aromatic nitrogens is 4. The number of fused-ring (bicyclic) bond motifs is 1. The molecular formula is C15H15N7O3. The number of benzene rings is 1. The van der Waals surface area contributed by atoms with Crippen molar-refractivity contribution in [3.8, 4) is 0 Å². The largest absolute Gasteiger partial charge is 0.378 e. The van der Waals surface area contributed by atoms with Gasteiger partial charge in [0.1, 0.15) is 16.9 Å². The lowest BCUT2D eigenvalue weighted by Gasteiger charge is -2.28. The summed E-state index contributed by atoms with van der Waals surface area (Å²) in [5.74, 6) is 0.871. The molecule has 0 amide bonds. The number of nitro groups is 1. The number of nitrogens with zero attached hydrogens (tertiary/aromatic N) is 5. The Balaban J connectivity index is 1.68. The van der Waals surface area contributed by atoms with Crippen molar-refractivity contribution in [2.75, 3.05) is 36.5 Å². The number of rotatable bonds is 4. The first kappa shape index (κ1) is 15.3. The molecule has 0 spiro atoms. The Hall–Kier alpha value is -3.27. The van der Waals surface area contributed by atoms with Gasteiger partial charge in [-0.2, -0.15) is 15.4 Å². The van der Waals surface area contributed by atoms with Gasteiger partial charge in [0.2, 0.25) is 5.82 Å². The van der Waals surface area contributed by atoms with Gasteiger partial charge in [-0.3, -0.25) is 10.1 Å². The molecule has 0 atom stereocenters. The molecule has 10 heteroatoms. The highest BCUT2D eigenvalue weighted by Gasteiger charge is 2.20. The Bertz CT molecular complexity index is 920. The second kappa shape index (κ2) is 6.32. The van der Waals surface area contributed by atoms with Gasteiger partial charge < -0.3 is 15.0 Å². The average molecular weight is 341 g/mol. The SMILES string of the molecule is O=[N+]([O-])c1ccc(N2CCOCC2)nc1Nc1ccc2n[nH]nc2c1. The molecule has 1 aliphatic rings. The zero-order valence-corrected chi connectivity index (χ0v) is 13.2. The van der Waals surface area contributed by atoms with Gasteiger partial charge in [0.25, 0.3) is 0 Å². The van der Waals surface area contributed by atoms with Gasteiger partial charge >= 0.3 is 5.69 Å². The molecule has 2 aromatic heterocycles. The smallest absolute Gasteiger partial charge is 0.311 e. The molecule has 0 bridgehead atoms. The van der Waals surface area contributed by atoms with Crippen LogP contribution in [0.5, 0.6) is 0 Å². The first-order valence-electron chi connectivity index (χ1n) is 7.76. The summed E-state index contributed by atoms with van der Waals surface area (Å²) in [6.45, 7) is 2.64. The van der Waals surface area contributed by atoms with Crippen molar-refractivity contribution in [1.82, 2.24) is 20.4 Å². The van der Waals surface area contributed by atoms with Crippen molar-refractivity contribution in [3.63, 3.8) is 0 Å². The fraction of sp³-hybridized carbons (Fsp3) is 0.267. The first-order chi connectivity index (χ1) is 12.2. The van der Waals surface area contributed by atoms with Gasteiger partial charge in [-0.05, 0) is 24.3 Å². The number of ether oxygens (including phenoxy) is 1. The second-order valence-corrected chi connectivity index (χ2v) is 5.55. The Morgan fingerprint density at radius 1 is 1.16 bits per heavy atom. The lowest BCUT2D eigenvalue weighted by Crippen LogP contribution is -2.36. The summed E-state index contributed by atoms with van der Waals surface area (Å²) in [5.41, 5.74) is 1.94. The van der Waals surface area contributed by atoms with E-state index in [1.54, 1.807) is 24.3 Å². The highest BCUT2D eigenvalue weighted by molar-refractivity contribution is 5.80. The summed E-state index contributed by atoms with van der Waals surface area (Å²) >= 11 is 0. The molecular weight excluding hydrogens is 326 g/mol. The van der Waals surface area contributed by atoms with Crippen molar-refractivity contribution < 1.29 is 9.66 Å². The molecule has 3 aromatic rings. The van der Waals surface area contributed by atoms with E-state index in [4.69, 9.17) is 4.74 Å². The summed E-state index contributed by atoms with van der Waals surface area (Å²) in [4.78, 5) is 17.4. The molecule has 0 unspecified atom stereocenters. The van der Waals surface area contributed by atoms with E-state index in [0.29, 0.717) is 43.3 Å². The maximum absolute atomic E-state index is 11.3. The minimum atomic E-state index is -0.451. The first-order valence-corrected chi connectivity index (χ1v) is 7.76. The number of morpholine rings is 1. The van der Waals surface area contributed by atoms with Crippen LogP contribution < -0.4 is 10.2 Å². The molecule has 4 rings (SSSR count). The Morgan fingerprint density at radius 3 is 2.76 bits per heavy atom. The quantitative estimate of drug-likeness (QED) is 0.544. The van der Waals surface area contributed by atoms with E-state index in [-0.39, 0.29) is 11.5 Å². The van der Waals surface area contributed by atoms with Crippen molar-refractivity contribution in [2.24, 2.45) is 0 Å². The third-order valence-electron chi connectivity index (χ3n) is 3.97. The molecule has 0 aliphatic carbocycles. The van der Waals surface area contributed by atoms with Gasteiger partial charge in [-0.25, -0.2) is 4.98 Å². The second-order valence-electron chi connectivity index (χ2n) is 5.55. The summed E-state index contributed by atoms with van der Waals surface area (Å²) in [7, 11) is 0. The summed E-state index contributed by atoms with van der Waals surface area (Å²) in [6, 6.07) is 8.44. The molecule has 1 aliphatic heterocycles. The van der Waals surface area contributed by atoms with Crippen LogP contribution in [0.1, 0.15) is 0 Å². The number of hydrogen-bond acceptors (Lipinski definition) is 8. The van der Waals surface area contributed by atoms with Crippen LogP contribution in [0, 0.1) is 10.1 Å². The molecule has 0 radical (unpaired) electrons. The Kier molecular flexibility index (Phi) is 3.86. The predicted octanol–water partition coefficient (Wildman–Crippen LogP) is 1.84. The fourth-order valence-corrected chi connectivity index (χ4v) is 2.70. The number of H-pyrrole nitrogens is 1. The molecule has 2 N–H and O–H groups in total. The van der Waals surface area contributed by atoms with Gasteiger partial charge in [0.05, 0.1) is 18.1 Å². The van der Waals surface area contributed by atoms with Crippen molar-refractivity contribution >= 4 is 34.0 Å². The zero-order chi connectivity index (χ0) is 17.2. The number of nitrogens with one attached hydrogen (secondary N) is 2. The molecule has 128 valence electrons.